The molecule has 0 aromatic carbocycles. The van der Waals surface area contributed by atoms with E-state index < -0.39 is 0 Å². The fourth-order valence-electron chi connectivity index (χ4n) is 4.68. The number of rotatable bonds is 7. The first kappa shape index (κ1) is 25.9. The summed E-state index contributed by atoms with van der Waals surface area (Å²) in [7, 11) is 0. The molecule has 5 rings (SSSR count). The fraction of sp³-hybridized carbons (Fsp3) is 0.520. The predicted molar refractivity (Wildman–Crippen MR) is 140 cm³/mol. The zero-order chi connectivity index (χ0) is 25.9. The number of likely N-dealkylation sites (tertiary alicyclic amines) is 1. The molecule has 3 aromatic rings. The van der Waals surface area contributed by atoms with Crippen molar-refractivity contribution in [3.63, 3.8) is 0 Å². The van der Waals surface area contributed by atoms with Crippen molar-refractivity contribution < 1.29 is 18.8 Å². The highest BCUT2D eigenvalue weighted by Gasteiger charge is 2.27. The number of nitrogens with one attached hydrogen (secondary N) is 1. The van der Waals surface area contributed by atoms with Gasteiger partial charge in [-0.3, -0.25) is 14.3 Å². The molecular weight excluding hydrogens is 516 g/mol. The molecule has 2 amide bonds. The van der Waals surface area contributed by atoms with E-state index in [2.05, 4.69) is 34.3 Å². The topological polar surface area (TPSA) is 106 Å². The number of amides is 2. The summed E-state index contributed by atoms with van der Waals surface area (Å²) in [5, 5.41) is 11.9. The van der Waals surface area contributed by atoms with E-state index in [4.69, 9.17) is 20.9 Å². The second-order valence-corrected chi connectivity index (χ2v) is 11.4. The Bertz CT molecular complexity index is 1240. The summed E-state index contributed by atoms with van der Waals surface area (Å²) in [5.41, 5.74) is 1.15. The van der Waals surface area contributed by atoms with E-state index in [1.807, 2.05) is 6.07 Å². The molecule has 0 radical (unpaired) electrons. The van der Waals surface area contributed by atoms with Crippen LogP contribution in [0.25, 0.3) is 10.6 Å². The van der Waals surface area contributed by atoms with Crippen LogP contribution in [0.3, 0.4) is 0 Å². The Morgan fingerprint density at radius 1 is 1.16 bits per heavy atom. The molecule has 198 valence electrons. The van der Waals surface area contributed by atoms with Gasteiger partial charge in [-0.05, 0) is 38.8 Å². The first-order valence-electron chi connectivity index (χ1n) is 12.6. The lowest BCUT2D eigenvalue weighted by molar-refractivity contribution is 0.0298. The van der Waals surface area contributed by atoms with Gasteiger partial charge in [0.25, 0.3) is 11.8 Å². The summed E-state index contributed by atoms with van der Waals surface area (Å²) in [6, 6.07) is 7.62. The van der Waals surface area contributed by atoms with Crippen molar-refractivity contribution in [1.29, 1.82) is 0 Å². The van der Waals surface area contributed by atoms with E-state index >= 15 is 0 Å². The Kier molecular flexibility index (Phi) is 7.94. The van der Waals surface area contributed by atoms with E-state index in [0.717, 1.165) is 30.8 Å². The number of hydrogen-bond acceptors (Lipinski definition) is 8. The highest BCUT2D eigenvalue weighted by Crippen LogP contribution is 2.31. The molecule has 3 aromatic heterocycles. The van der Waals surface area contributed by atoms with Crippen LogP contribution in [0.4, 0.5) is 0 Å². The van der Waals surface area contributed by atoms with Crippen LogP contribution in [-0.2, 0) is 11.3 Å². The molecule has 0 spiro atoms. The van der Waals surface area contributed by atoms with Crippen LogP contribution in [-0.4, -0.2) is 88.0 Å². The molecule has 0 saturated carbocycles. The minimum atomic E-state index is -0.245. The summed E-state index contributed by atoms with van der Waals surface area (Å²) in [4.78, 5) is 31.5. The van der Waals surface area contributed by atoms with E-state index in [1.165, 1.54) is 16.0 Å². The van der Waals surface area contributed by atoms with Gasteiger partial charge in [-0.15, -0.1) is 11.3 Å². The van der Waals surface area contributed by atoms with Crippen molar-refractivity contribution in [1.82, 2.24) is 30.1 Å². The van der Waals surface area contributed by atoms with Gasteiger partial charge >= 0.3 is 0 Å². The molecule has 37 heavy (non-hydrogen) atoms. The summed E-state index contributed by atoms with van der Waals surface area (Å²) in [6.07, 6.45) is 1.77. The summed E-state index contributed by atoms with van der Waals surface area (Å²) >= 11 is 7.45. The highest BCUT2D eigenvalue weighted by atomic mass is 35.5. The first-order valence-corrected chi connectivity index (χ1v) is 13.8. The van der Waals surface area contributed by atoms with Crippen LogP contribution >= 0.6 is 22.9 Å². The Balaban J connectivity index is 1.35. The third kappa shape index (κ3) is 6.06. The lowest BCUT2D eigenvalue weighted by Crippen LogP contribution is -2.46. The number of ether oxygens (including phenoxy) is 1. The minimum absolute atomic E-state index is 0.0754. The minimum Gasteiger partial charge on any atom is -0.378 e. The number of carbonyl (C=O) groups is 2. The fourth-order valence-corrected chi connectivity index (χ4v) is 5.67. The molecule has 2 aliphatic heterocycles. The van der Waals surface area contributed by atoms with Gasteiger partial charge in [0.15, 0.2) is 11.5 Å². The van der Waals surface area contributed by atoms with Crippen LogP contribution in [0.1, 0.15) is 53.4 Å². The second-order valence-electron chi connectivity index (χ2n) is 9.64. The Morgan fingerprint density at radius 3 is 2.59 bits per heavy atom. The number of halogens is 1. The predicted octanol–water partition coefficient (Wildman–Crippen LogP) is 3.38. The molecular formula is C25H31ClN6O4S. The highest BCUT2D eigenvalue weighted by molar-refractivity contribution is 7.19. The average Bonchev–Trinajstić information content (AvgIpc) is 3.65. The Hall–Kier alpha value is -2.73. The molecule has 0 atom stereocenters. The van der Waals surface area contributed by atoms with Crippen LogP contribution in [0.15, 0.2) is 28.8 Å². The van der Waals surface area contributed by atoms with Crippen molar-refractivity contribution in [3.05, 3.63) is 45.7 Å². The van der Waals surface area contributed by atoms with Gasteiger partial charge in [-0.2, -0.15) is 5.10 Å². The van der Waals surface area contributed by atoms with Crippen LogP contribution in [0.2, 0.25) is 4.34 Å². The van der Waals surface area contributed by atoms with Crippen molar-refractivity contribution in [2.75, 3.05) is 39.4 Å². The molecule has 5 heterocycles. The third-order valence-electron chi connectivity index (χ3n) is 6.81. The van der Waals surface area contributed by atoms with Gasteiger partial charge in [0.05, 0.1) is 29.0 Å². The monoisotopic (exact) mass is 546 g/mol. The maximum absolute atomic E-state index is 13.4. The summed E-state index contributed by atoms with van der Waals surface area (Å²) < 4.78 is 13.1. The number of aromatic nitrogens is 3. The number of nitrogens with zero attached hydrogens (tertiary/aromatic N) is 5. The molecule has 0 aliphatic carbocycles. The number of piperidine rings is 1. The number of thiophene rings is 1. The molecule has 0 bridgehead atoms. The number of hydrogen-bond donors (Lipinski definition) is 1. The quantitative estimate of drug-likeness (QED) is 0.484. The molecule has 2 aliphatic rings. The van der Waals surface area contributed by atoms with E-state index in [-0.39, 0.29) is 30.1 Å². The van der Waals surface area contributed by atoms with Crippen LogP contribution in [0, 0.1) is 0 Å². The lowest BCUT2D eigenvalue weighted by Gasteiger charge is -2.34. The molecule has 2 saturated heterocycles. The number of carbonyl (C=O) groups excluding carboxylic acids is 2. The Labute approximate surface area is 224 Å². The lowest BCUT2D eigenvalue weighted by atomic mass is 10.0. The van der Waals surface area contributed by atoms with Gasteiger partial charge in [-0.25, -0.2) is 0 Å². The van der Waals surface area contributed by atoms with E-state index in [9.17, 15) is 9.59 Å². The van der Waals surface area contributed by atoms with Gasteiger partial charge < -0.3 is 24.4 Å². The Morgan fingerprint density at radius 2 is 1.92 bits per heavy atom. The molecule has 12 heteroatoms. The van der Waals surface area contributed by atoms with Crippen LogP contribution < -0.4 is 5.32 Å². The SMILES string of the molecule is CC(C)N1CCC(NC(=O)c2cc(C(=O)N3CCOCC3)nn2Cc2cc(-c3ccc(Cl)s3)on2)CC1. The zero-order valence-corrected chi connectivity index (χ0v) is 22.6. The standard InChI is InChI=1S/C25H31ClN6O4S/c1-16(2)30-7-5-17(6-8-30)27-24(33)20-14-19(25(34)31-9-11-35-12-10-31)28-32(20)15-18-13-21(36-29-18)22-3-4-23(26)37-22/h3-4,13-14,16-17H,5-12,15H2,1-2H3,(H,27,33). The maximum atomic E-state index is 13.4. The smallest absolute Gasteiger partial charge is 0.274 e. The van der Waals surface area contributed by atoms with Crippen molar-refractivity contribution in [2.24, 2.45) is 0 Å². The third-order valence-corrected chi connectivity index (χ3v) is 8.06. The van der Waals surface area contributed by atoms with Gasteiger partial charge in [-0.1, -0.05) is 16.8 Å². The van der Waals surface area contributed by atoms with Crippen LogP contribution in [0.5, 0.6) is 0 Å². The van der Waals surface area contributed by atoms with Gasteiger partial charge in [0.2, 0.25) is 0 Å². The average molecular weight is 547 g/mol. The maximum Gasteiger partial charge on any atom is 0.274 e. The number of morpholine rings is 1. The first-order chi connectivity index (χ1) is 17.9. The largest absolute Gasteiger partial charge is 0.378 e. The van der Waals surface area contributed by atoms with Crippen molar-refractivity contribution >= 4 is 34.8 Å². The van der Waals surface area contributed by atoms with E-state index in [0.29, 0.717) is 53.8 Å². The zero-order valence-electron chi connectivity index (χ0n) is 21.0. The van der Waals surface area contributed by atoms with E-state index in [1.54, 1.807) is 23.1 Å². The second kappa shape index (κ2) is 11.3. The summed E-state index contributed by atoms with van der Waals surface area (Å²) in [6.45, 7) is 8.42. The molecule has 1 N–H and O–H groups in total. The molecule has 10 nitrogen and oxygen atoms in total. The van der Waals surface area contributed by atoms with Crippen molar-refractivity contribution in [2.45, 2.75) is 45.3 Å². The summed E-state index contributed by atoms with van der Waals surface area (Å²) in [5.74, 6) is 0.132. The van der Waals surface area contributed by atoms with Gasteiger partial charge in [0.1, 0.15) is 11.4 Å². The normalized spacial score (nSPS) is 17.5. The molecule has 0 unspecified atom stereocenters. The molecule has 2 fully saturated rings. The van der Waals surface area contributed by atoms with Gasteiger partial charge in [0, 0.05) is 50.4 Å². The van der Waals surface area contributed by atoms with Crippen molar-refractivity contribution in [3.8, 4) is 10.6 Å².